The molecule has 1 aromatic carbocycles. The molecule has 1 aliphatic rings. The van der Waals surface area contributed by atoms with Crippen LogP contribution in [0, 0.1) is 29.9 Å². The monoisotopic (exact) mass is 389 g/mol. The Morgan fingerprint density at radius 3 is 2.44 bits per heavy atom. The normalized spacial score (nSPS) is 14.9. The van der Waals surface area contributed by atoms with E-state index < -0.39 is 4.92 Å². The van der Waals surface area contributed by atoms with Crippen LogP contribution in [0.15, 0.2) is 24.3 Å². The molecule has 1 saturated heterocycles. The van der Waals surface area contributed by atoms with E-state index in [1.807, 2.05) is 19.9 Å². The van der Waals surface area contributed by atoms with Crippen LogP contribution < -0.4 is 10.2 Å². The van der Waals surface area contributed by atoms with Crippen molar-refractivity contribution < 1.29 is 9.72 Å². The molecule has 0 aliphatic carbocycles. The van der Waals surface area contributed by atoms with Gasteiger partial charge in [0.1, 0.15) is 5.69 Å². The van der Waals surface area contributed by atoms with Crippen molar-refractivity contribution in [1.82, 2.24) is 9.97 Å². The van der Waals surface area contributed by atoms with Gasteiger partial charge in [-0.2, -0.15) is 0 Å². The van der Waals surface area contributed by atoms with Crippen LogP contribution in [0.25, 0.3) is 0 Å². The number of halogens is 1. The number of carbonyl (C=O) groups excluding carboxylic acids is 1. The number of nitro benzene ring substituents is 1. The molecule has 2 aromatic rings. The van der Waals surface area contributed by atoms with Crippen molar-refractivity contribution in [1.29, 1.82) is 0 Å². The molecular weight excluding hydrogens is 370 g/mol. The van der Waals surface area contributed by atoms with Crippen molar-refractivity contribution >= 4 is 34.8 Å². The molecule has 8 nitrogen and oxygen atoms in total. The second kappa shape index (κ2) is 7.87. The zero-order chi connectivity index (χ0) is 19.6. The molecular formula is C18H20ClN5O3. The quantitative estimate of drug-likeness (QED) is 0.634. The van der Waals surface area contributed by atoms with E-state index in [0.717, 1.165) is 11.4 Å². The lowest BCUT2D eigenvalue weighted by molar-refractivity contribution is -0.383. The minimum Gasteiger partial charge on any atom is -0.341 e. The van der Waals surface area contributed by atoms with Crippen molar-refractivity contribution in [2.75, 3.05) is 23.3 Å². The number of benzene rings is 1. The maximum Gasteiger partial charge on any atom is 0.294 e. The molecule has 142 valence electrons. The number of anilines is 2. The lowest BCUT2D eigenvalue weighted by Gasteiger charge is -2.31. The number of rotatable bonds is 4. The third kappa shape index (κ3) is 4.51. The van der Waals surface area contributed by atoms with Gasteiger partial charge in [-0.05, 0) is 44.9 Å². The summed E-state index contributed by atoms with van der Waals surface area (Å²) in [7, 11) is 0. The van der Waals surface area contributed by atoms with Crippen molar-refractivity contribution in [2.24, 2.45) is 5.92 Å². The van der Waals surface area contributed by atoms with Crippen molar-refractivity contribution in [3.63, 3.8) is 0 Å². The lowest BCUT2D eigenvalue weighted by atomic mass is 9.96. The summed E-state index contributed by atoms with van der Waals surface area (Å²) in [5, 5.41) is 14.1. The summed E-state index contributed by atoms with van der Waals surface area (Å²) in [4.78, 5) is 34.2. The maximum absolute atomic E-state index is 12.6. The number of hydrogen-bond acceptors (Lipinski definition) is 6. The van der Waals surface area contributed by atoms with Crippen LogP contribution in [-0.4, -0.2) is 33.9 Å². The molecule has 1 amide bonds. The van der Waals surface area contributed by atoms with Gasteiger partial charge in [-0.1, -0.05) is 11.6 Å². The van der Waals surface area contributed by atoms with Crippen LogP contribution in [0.1, 0.15) is 24.2 Å². The molecule has 0 saturated carbocycles. The average Bonchev–Trinajstić information content (AvgIpc) is 2.62. The fourth-order valence-electron chi connectivity index (χ4n) is 3.19. The molecule has 0 bridgehead atoms. The fourth-order valence-corrected chi connectivity index (χ4v) is 3.35. The van der Waals surface area contributed by atoms with Crippen LogP contribution in [-0.2, 0) is 4.79 Å². The molecule has 1 N–H and O–H groups in total. The molecule has 3 rings (SSSR count). The minimum atomic E-state index is -0.554. The Labute approximate surface area is 161 Å². The van der Waals surface area contributed by atoms with Crippen molar-refractivity contribution in [3.05, 3.63) is 50.8 Å². The number of amides is 1. The molecule has 0 radical (unpaired) electrons. The Morgan fingerprint density at radius 1 is 1.22 bits per heavy atom. The van der Waals surface area contributed by atoms with Gasteiger partial charge in [0.15, 0.2) is 0 Å². The first-order valence-corrected chi connectivity index (χ1v) is 9.03. The lowest BCUT2D eigenvalue weighted by Crippen LogP contribution is -2.39. The Morgan fingerprint density at radius 2 is 1.85 bits per heavy atom. The standard InChI is InChI=1S/C18H20ClN5O3/c1-11-9-12(2)21-18(20-11)23-7-5-13(6-8-23)17(25)22-15-4-3-14(19)10-16(15)24(26)27/h3-4,9-10,13H,5-8H2,1-2H3,(H,22,25). The third-order valence-electron chi connectivity index (χ3n) is 4.53. The first kappa shape index (κ1) is 19.0. The van der Waals surface area contributed by atoms with E-state index in [-0.39, 0.29) is 28.2 Å². The van der Waals surface area contributed by atoms with E-state index in [1.165, 1.54) is 18.2 Å². The Kier molecular flexibility index (Phi) is 5.55. The second-order valence-electron chi connectivity index (χ2n) is 6.62. The Balaban J connectivity index is 1.65. The Bertz CT molecular complexity index is 861. The van der Waals surface area contributed by atoms with Gasteiger partial charge in [-0.25, -0.2) is 9.97 Å². The topological polar surface area (TPSA) is 101 Å². The van der Waals surface area contributed by atoms with Crippen LogP contribution in [0.4, 0.5) is 17.3 Å². The summed E-state index contributed by atoms with van der Waals surface area (Å²) in [6.07, 6.45) is 1.26. The summed E-state index contributed by atoms with van der Waals surface area (Å²) in [6.45, 7) is 5.17. The number of aromatic nitrogens is 2. The number of hydrogen-bond donors (Lipinski definition) is 1. The summed E-state index contributed by atoms with van der Waals surface area (Å²) < 4.78 is 0. The van der Waals surface area contributed by atoms with Crippen LogP contribution >= 0.6 is 11.6 Å². The largest absolute Gasteiger partial charge is 0.341 e. The molecule has 0 spiro atoms. The predicted octanol–water partition coefficient (Wildman–Crippen LogP) is 3.51. The SMILES string of the molecule is Cc1cc(C)nc(N2CCC(C(=O)Nc3ccc(Cl)cc3[N+](=O)[O-])CC2)n1. The van der Waals surface area contributed by atoms with Crippen LogP contribution in [0.3, 0.4) is 0 Å². The number of nitro groups is 1. The smallest absolute Gasteiger partial charge is 0.294 e. The number of nitrogens with one attached hydrogen (secondary N) is 1. The molecule has 0 atom stereocenters. The summed E-state index contributed by atoms with van der Waals surface area (Å²) >= 11 is 5.81. The van der Waals surface area contributed by atoms with E-state index in [2.05, 4.69) is 20.2 Å². The highest BCUT2D eigenvalue weighted by molar-refractivity contribution is 6.31. The van der Waals surface area contributed by atoms with Gasteiger partial charge < -0.3 is 10.2 Å². The number of aryl methyl sites for hydroxylation is 2. The van der Waals surface area contributed by atoms with Crippen molar-refractivity contribution in [2.45, 2.75) is 26.7 Å². The second-order valence-corrected chi connectivity index (χ2v) is 7.06. The van der Waals surface area contributed by atoms with E-state index in [4.69, 9.17) is 11.6 Å². The van der Waals surface area contributed by atoms with Gasteiger partial charge in [0.05, 0.1) is 4.92 Å². The highest BCUT2D eigenvalue weighted by atomic mass is 35.5. The molecule has 27 heavy (non-hydrogen) atoms. The Hall–Kier alpha value is -2.74. The molecule has 1 fully saturated rings. The van der Waals surface area contributed by atoms with Gasteiger partial charge in [0.2, 0.25) is 11.9 Å². The number of carbonyl (C=O) groups is 1. The molecule has 2 heterocycles. The first-order chi connectivity index (χ1) is 12.8. The van der Waals surface area contributed by atoms with Gasteiger partial charge in [-0.15, -0.1) is 0 Å². The number of nitrogens with zero attached hydrogens (tertiary/aromatic N) is 4. The zero-order valence-electron chi connectivity index (χ0n) is 15.1. The predicted molar refractivity (Wildman–Crippen MR) is 103 cm³/mol. The average molecular weight is 390 g/mol. The zero-order valence-corrected chi connectivity index (χ0v) is 15.9. The van der Waals surface area contributed by atoms with Crippen LogP contribution in [0.5, 0.6) is 0 Å². The molecule has 1 aliphatic heterocycles. The molecule has 1 aromatic heterocycles. The van der Waals surface area contributed by atoms with Gasteiger partial charge in [0.25, 0.3) is 5.69 Å². The summed E-state index contributed by atoms with van der Waals surface area (Å²) in [6, 6.07) is 6.13. The third-order valence-corrected chi connectivity index (χ3v) is 4.77. The van der Waals surface area contributed by atoms with Gasteiger partial charge in [0, 0.05) is 41.5 Å². The maximum atomic E-state index is 12.6. The molecule has 9 heteroatoms. The van der Waals surface area contributed by atoms with E-state index in [1.54, 1.807) is 0 Å². The summed E-state index contributed by atoms with van der Waals surface area (Å²) in [5.74, 6) is 0.239. The van der Waals surface area contributed by atoms with Crippen molar-refractivity contribution in [3.8, 4) is 0 Å². The highest BCUT2D eigenvalue weighted by Crippen LogP contribution is 2.29. The fraction of sp³-hybridized carbons (Fsp3) is 0.389. The van der Waals surface area contributed by atoms with Gasteiger partial charge >= 0.3 is 0 Å². The highest BCUT2D eigenvalue weighted by Gasteiger charge is 2.28. The van der Waals surface area contributed by atoms with E-state index in [0.29, 0.717) is 31.9 Å². The summed E-state index contributed by atoms with van der Waals surface area (Å²) in [5.41, 5.74) is 1.77. The number of piperidine rings is 1. The first-order valence-electron chi connectivity index (χ1n) is 8.65. The van der Waals surface area contributed by atoms with Crippen LogP contribution in [0.2, 0.25) is 5.02 Å². The molecule has 0 unspecified atom stereocenters. The van der Waals surface area contributed by atoms with E-state index in [9.17, 15) is 14.9 Å². The minimum absolute atomic E-state index is 0.162. The van der Waals surface area contributed by atoms with E-state index >= 15 is 0 Å². The van der Waals surface area contributed by atoms with Gasteiger partial charge in [-0.3, -0.25) is 14.9 Å².